The molecule has 1 rings (SSSR count). The van der Waals surface area contributed by atoms with Gasteiger partial charge in [-0.25, -0.2) is 4.68 Å². The van der Waals surface area contributed by atoms with Crippen molar-refractivity contribution in [1.29, 1.82) is 0 Å². The molecule has 0 atom stereocenters. The van der Waals surface area contributed by atoms with Gasteiger partial charge in [0.05, 0.1) is 6.54 Å². The van der Waals surface area contributed by atoms with Crippen LogP contribution < -0.4 is 5.73 Å². The maximum Gasteiger partial charge on any atom is 0.240 e. The van der Waals surface area contributed by atoms with E-state index in [1.165, 1.54) is 0 Å². The number of anilines is 1. The Morgan fingerprint density at radius 2 is 2.25 bits per heavy atom. The van der Waals surface area contributed by atoms with Crippen molar-refractivity contribution in [2.45, 2.75) is 6.54 Å². The molecule has 0 aliphatic heterocycles. The van der Waals surface area contributed by atoms with Crippen LogP contribution in [0.3, 0.4) is 0 Å². The third kappa shape index (κ3) is 2.46. The quantitative estimate of drug-likeness (QED) is 0.810. The smallest absolute Gasteiger partial charge is 0.240 e. The van der Waals surface area contributed by atoms with Crippen LogP contribution in [0.2, 0.25) is 0 Å². The van der Waals surface area contributed by atoms with E-state index in [1.54, 1.807) is 4.68 Å². The highest BCUT2D eigenvalue weighted by Gasteiger charge is 2.03. The third-order valence-corrected chi connectivity index (χ3v) is 1.99. The summed E-state index contributed by atoms with van der Waals surface area (Å²) in [6.07, 6.45) is 0. The van der Waals surface area contributed by atoms with Crippen LogP contribution in [0.1, 0.15) is 0 Å². The number of hydrogen-bond acceptors (Lipinski definition) is 4. The fourth-order valence-electron chi connectivity index (χ4n) is 0.777. The first-order chi connectivity index (χ1) is 5.59. The van der Waals surface area contributed by atoms with Crippen LogP contribution in [0.4, 0.5) is 5.95 Å². The second-order valence-corrected chi connectivity index (χ2v) is 3.47. The van der Waals surface area contributed by atoms with Crippen molar-refractivity contribution < 1.29 is 0 Å². The molecule has 0 saturated heterocycles. The van der Waals surface area contributed by atoms with Gasteiger partial charge in [0.25, 0.3) is 0 Å². The van der Waals surface area contributed by atoms with Gasteiger partial charge in [-0.05, 0) is 30.0 Å². The van der Waals surface area contributed by atoms with Gasteiger partial charge >= 0.3 is 0 Å². The van der Waals surface area contributed by atoms with Gasteiger partial charge < -0.3 is 10.6 Å². The number of rotatable bonds is 3. The van der Waals surface area contributed by atoms with E-state index in [9.17, 15) is 0 Å². The zero-order chi connectivity index (χ0) is 9.14. The molecule has 68 valence electrons. The average Bonchev–Trinajstić information content (AvgIpc) is 2.26. The molecule has 0 spiro atoms. The van der Waals surface area contributed by atoms with Gasteiger partial charge in [-0.3, -0.25) is 0 Å². The van der Waals surface area contributed by atoms with Gasteiger partial charge in [0, 0.05) is 6.54 Å². The average molecular weight is 234 g/mol. The highest BCUT2D eigenvalue weighted by Crippen LogP contribution is 2.07. The van der Waals surface area contributed by atoms with E-state index < -0.39 is 0 Å². The van der Waals surface area contributed by atoms with Crippen molar-refractivity contribution in [1.82, 2.24) is 19.7 Å². The van der Waals surface area contributed by atoms with E-state index in [1.807, 2.05) is 14.1 Å². The fraction of sp³-hybridized carbons (Fsp3) is 0.667. The fourth-order valence-corrected chi connectivity index (χ4v) is 1.21. The predicted molar refractivity (Wildman–Crippen MR) is 50.7 cm³/mol. The number of nitrogens with zero attached hydrogens (tertiary/aromatic N) is 4. The zero-order valence-corrected chi connectivity index (χ0v) is 8.74. The molecule has 0 aliphatic carbocycles. The highest BCUT2D eigenvalue weighted by atomic mass is 79.9. The SMILES string of the molecule is CN(C)CCn1nc(N)nc1Br. The van der Waals surface area contributed by atoms with Crippen LogP contribution in [0.15, 0.2) is 4.73 Å². The Morgan fingerprint density at radius 1 is 1.58 bits per heavy atom. The molecule has 12 heavy (non-hydrogen) atoms. The summed E-state index contributed by atoms with van der Waals surface area (Å²) in [5, 5.41) is 3.99. The first-order valence-corrected chi connectivity index (χ1v) is 4.39. The van der Waals surface area contributed by atoms with Crippen molar-refractivity contribution in [3.63, 3.8) is 0 Å². The molecule has 0 fully saturated rings. The minimum atomic E-state index is 0.306. The maximum absolute atomic E-state index is 5.40. The van der Waals surface area contributed by atoms with Crippen LogP contribution in [-0.2, 0) is 6.54 Å². The monoisotopic (exact) mass is 233 g/mol. The van der Waals surface area contributed by atoms with Gasteiger partial charge in [0.1, 0.15) is 0 Å². The minimum Gasteiger partial charge on any atom is -0.366 e. The number of nitrogens with two attached hydrogens (primary N) is 1. The third-order valence-electron chi connectivity index (χ3n) is 1.40. The summed E-state index contributed by atoms with van der Waals surface area (Å²) >= 11 is 3.26. The Morgan fingerprint density at radius 3 is 2.67 bits per heavy atom. The first-order valence-electron chi connectivity index (χ1n) is 3.60. The molecule has 0 aromatic carbocycles. The van der Waals surface area contributed by atoms with Crippen molar-refractivity contribution in [2.24, 2.45) is 0 Å². The molecule has 0 saturated carbocycles. The molecule has 0 radical (unpaired) electrons. The van der Waals surface area contributed by atoms with Crippen LogP contribution in [0.25, 0.3) is 0 Å². The van der Waals surface area contributed by atoms with Crippen LogP contribution in [-0.4, -0.2) is 40.3 Å². The van der Waals surface area contributed by atoms with Gasteiger partial charge in [0.15, 0.2) is 4.73 Å². The molecule has 5 nitrogen and oxygen atoms in total. The van der Waals surface area contributed by atoms with Gasteiger partial charge in [-0.15, -0.1) is 5.10 Å². The summed E-state index contributed by atoms with van der Waals surface area (Å²) in [6.45, 7) is 1.71. The normalized spacial score (nSPS) is 11.0. The first kappa shape index (κ1) is 9.47. The Hall–Kier alpha value is -0.620. The van der Waals surface area contributed by atoms with E-state index in [-0.39, 0.29) is 0 Å². The summed E-state index contributed by atoms with van der Waals surface area (Å²) in [7, 11) is 4.02. The second-order valence-electron chi connectivity index (χ2n) is 2.77. The van der Waals surface area contributed by atoms with Crippen molar-refractivity contribution in [3.05, 3.63) is 4.73 Å². The highest BCUT2D eigenvalue weighted by molar-refractivity contribution is 9.10. The summed E-state index contributed by atoms with van der Waals surface area (Å²) in [5.41, 5.74) is 5.40. The molecule has 2 N–H and O–H groups in total. The van der Waals surface area contributed by atoms with Crippen LogP contribution >= 0.6 is 15.9 Å². The lowest BCUT2D eigenvalue weighted by atomic mass is 10.6. The van der Waals surface area contributed by atoms with E-state index in [0.29, 0.717) is 10.7 Å². The molecule has 0 unspecified atom stereocenters. The standard InChI is InChI=1S/C6H12BrN5/c1-11(2)3-4-12-5(7)9-6(8)10-12/h3-4H2,1-2H3,(H2,8,10). The van der Waals surface area contributed by atoms with E-state index in [2.05, 4.69) is 30.9 Å². The minimum absolute atomic E-state index is 0.306. The molecule has 0 aliphatic rings. The molecule has 0 amide bonds. The van der Waals surface area contributed by atoms with Crippen molar-refractivity contribution in [3.8, 4) is 0 Å². The lowest BCUT2D eigenvalue weighted by Crippen LogP contribution is -2.19. The summed E-state index contributed by atoms with van der Waals surface area (Å²) in [5.74, 6) is 0.306. The van der Waals surface area contributed by atoms with E-state index in [4.69, 9.17) is 5.73 Å². The summed E-state index contributed by atoms with van der Waals surface area (Å²) in [6, 6.07) is 0. The lowest BCUT2D eigenvalue weighted by molar-refractivity contribution is 0.371. The predicted octanol–water partition coefficient (Wildman–Crippen LogP) is 0.184. The van der Waals surface area contributed by atoms with Gasteiger partial charge in [-0.1, -0.05) is 0 Å². The number of nitrogen functional groups attached to an aromatic ring is 1. The number of hydrogen-bond donors (Lipinski definition) is 1. The summed E-state index contributed by atoms with van der Waals surface area (Å²) in [4.78, 5) is 5.99. The number of aromatic nitrogens is 3. The Balaban J connectivity index is 2.57. The van der Waals surface area contributed by atoms with Crippen LogP contribution in [0.5, 0.6) is 0 Å². The number of likely N-dealkylation sites (N-methyl/N-ethyl adjacent to an activating group) is 1. The molecule has 1 aromatic heterocycles. The maximum atomic E-state index is 5.40. The Labute approximate surface area is 79.7 Å². The summed E-state index contributed by atoms with van der Waals surface area (Å²) < 4.78 is 2.41. The van der Waals surface area contributed by atoms with Gasteiger partial charge in [-0.2, -0.15) is 4.98 Å². The molecule has 0 bridgehead atoms. The van der Waals surface area contributed by atoms with E-state index in [0.717, 1.165) is 13.1 Å². The molecule has 6 heteroatoms. The molecule has 1 heterocycles. The molecular formula is C6H12BrN5. The lowest BCUT2D eigenvalue weighted by Gasteiger charge is -2.08. The largest absolute Gasteiger partial charge is 0.366 e. The van der Waals surface area contributed by atoms with Gasteiger partial charge in [0.2, 0.25) is 5.95 Å². The van der Waals surface area contributed by atoms with Crippen molar-refractivity contribution >= 4 is 21.9 Å². The Kier molecular flexibility index (Phi) is 3.05. The topological polar surface area (TPSA) is 60.0 Å². The molecular weight excluding hydrogens is 222 g/mol. The second kappa shape index (κ2) is 3.86. The van der Waals surface area contributed by atoms with Crippen molar-refractivity contribution in [2.75, 3.05) is 26.4 Å². The Bertz CT molecular complexity index is 256. The van der Waals surface area contributed by atoms with Crippen LogP contribution in [0, 0.1) is 0 Å². The van der Waals surface area contributed by atoms with E-state index >= 15 is 0 Å². The zero-order valence-electron chi connectivity index (χ0n) is 7.16. The molecule has 1 aromatic rings. The number of halogens is 1.